The highest BCUT2D eigenvalue weighted by Crippen LogP contribution is 2.19. The van der Waals surface area contributed by atoms with E-state index in [1.165, 1.54) is 0 Å². The molecule has 0 bridgehead atoms. The van der Waals surface area contributed by atoms with Gasteiger partial charge in [-0.1, -0.05) is 11.2 Å². The summed E-state index contributed by atoms with van der Waals surface area (Å²) in [5.74, 6) is 0.697. The molecule has 0 aromatic carbocycles. The minimum absolute atomic E-state index is 0.126. The molecule has 8 heteroatoms. The van der Waals surface area contributed by atoms with Crippen molar-refractivity contribution in [3.63, 3.8) is 0 Å². The van der Waals surface area contributed by atoms with Gasteiger partial charge in [0.05, 0.1) is 12.5 Å². The van der Waals surface area contributed by atoms with Gasteiger partial charge in [0.25, 0.3) is 0 Å². The van der Waals surface area contributed by atoms with E-state index in [-0.39, 0.29) is 17.9 Å². The molecule has 0 saturated carbocycles. The van der Waals surface area contributed by atoms with E-state index >= 15 is 0 Å². The molecule has 2 N–H and O–H groups in total. The van der Waals surface area contributed by atoms with Crippen molar-refractivity contribution in [3.8, 4) is 0 Å². The summed E-state index contributed by atoms with van der Waals surface area (Å²) in [5.41, 5.74) is 0. The molecule has 3 rings (SSSR count). The van der Waals surface area contributed by atoms with Crippen molar-refractivity contribution in [3.05, 3.63) is 34.2 Å². The van der Waals surface area contributed by atoms with Crippen molar-refractivity contribution in [2.24, 2.45) is 5.92 Å². The Labute approximate surface area is 144 Å². The summed E-state index contributed by atoms with van der Waals surface area (Å²) in [7, 11) is 0. The zero-order valence-electron chi connectivity index (χ0n) is 13.4. The first-order valence-electron chi connectivity index (χ1n) is 7.91. The van der Waals surface area contributed by atoms with E-state index in [1.807, 2.05) is 17.5 Å². The second-order valence-electron chi connectivity index (χ2n) is 5.84. The fraction of sp³-hybridized carbons (Fsp3) is 0.438. The lowest BCUT2D eigenvalue weighted by atomic mass is 9.97. The highest BCUT2D eigenvalue weighted by Gasteiger charge is 2.28. The number of aryl methyl sites for hydroxylation is 1. The number of hydrogen-bond donors (Lipinski definition) is 2. The van der Waals surface area contributed by atoms with Crippen LogP contribution in [-0.4, -0.2) is 35.1 Å². The van der Waals surface area contributed by atoms with Gasteiger partial charge in [0.2, 0.25) is 5.91 Å². The first kappa shape index (κ1) is 16.5. The molecule has 2 aromatic heterocycles. The van der Waals surface area contributed by atoms with Crippen LogP contribution >= 0.6 is 11.3 Å². The van der Waals surface area contributed by atoms with Crippen molar-refractivity contribution in [2.75, 3.05) is 18.4 Å². The molecule has 1 saturated heterocycles. The smallest absolute Gasteiger partial charge is 0.317 e. The summed E-state index contributed by atoms with van der Waals surface area (Å²) < 4.78 is 4.94. The quantitative estimate of drug-likeness (QED) is 0.889. The number of nitrogens with zero attached hydrogens (tertiary/aromatic N) is 2. The second-order valence-corrected chi connectivity index (χ2v) is 6.87. The van der Waals surface area contributed by atoms with Crippen LogP contribution in [-0.2, 0) is 11.3 Å². The van der Waals surface area contributed by atoms with Crippen molar-refractivity contribution < 1.29 is 14.1 Å². The molecule has 2 aromatic rings. The van der Waals surface area contributed by atoms with Gasteiger partial charge in [-0.05, 0) is 31.2 Å². The van der Waals surface area contributed by atoms with Crippen LogP contribution in [0.1, 0.15) is 23.5 Å². The zero-order chi connectivity index (χ0) is 16.9. The van der Waals surface area contributed by atoms with E-state index in [0.717, 1.165) is 17.7 Å². The maximum atomic E-state index is 12.3. The Hall–Kier alpha value is -2.35. The van der Waals surface area contributed by atoms with E-state index < -0.39 is 0 Å². The van der Waals surface area contributed by atoms with Gasteiger partial charge in [0.15, 0.2) is 5.82 Å². The number of likely N-dealkylation sites (tertiary alicyclic amines) is 1. The van der Waals surface area contributed by atoms with Gasteiger partial charge in [-0.2, -0.15) is 0 Å². The van der Waals surface area contributed by atoms with E-state index in [2.05, 4.69) is 15.8 Å². The predicted octanol–water partition coefficient (Wildman–Crippen LogP) is 2.60. The molecule has 1 aliphatic heterocycles. The number of carbonyl (C=O) groups excluding carboxylic acids is 2. The summed E-state index contributed by atoms with van der Waals surface area (Å²) in [6.45, 7) is 3.37. The van der Waals surface area contributed by atoms with Crippen molar-refractivity contribution in [1.82, 2.24) is 15.4 Å². The molecule has 24 heavy (non-hydrogen) atoms. The summed E-state index contributed by atoms with van der Waals surface area (Å²) in [6, 6.07) is 5.49. The van der Waals surface area contributed by atoms with Gasteiger partial charge in [0.1, 0.15) is 5.76 Å². The number of carbonyl (C=O) groups is 2. The molecule has 3 amide bonds. The van der Waals surface area contributed by atoms with Crippen LogP contribution < -0.4 is 10.6 Å². The normalized spacial score (nSPS) is 17.5. The van der Waals surface area contributed by atoms with E-state index in [9.17, 15) is 9.59 Å². The van der Waals surface area contributed by atoms with Gasteiger partial charge in [-0.3, -0.25) is 4.79 Å². The lowest BCUT2D eigenvalue weighted by Gasteiger charge is -2.31. The topological polar surface area (TPSA) is 87.5 Å². The lowest BCUT2D eigenvalue weighted by molar-refractivity contribution is -0.121. The molecule has 1 unspecified atom stereocenters. The fourth-order valence-electron chi connectivity index (χ4n) is 2.72. The van der Waals surface area contributed by atoms with Crippen LogP contribution in [0, 0.1) is 12.8 Å². The van der Waals surface area contributed by atoms with Gasteiger partial charge < -0.3 is 20.1 Å². The molecule has 1 fully saturated rings. The minimum atomic E-state index is -0.233. The summed E-state index contributed by atoms with van der Waals surface area (Å²) >= 11 is 1.61. The first-order chi connectivity index (χ1) is 11.6. The van der Waals surface area contributed by atoms with Crippen LogP contribution in [0.2, 0.25) is 0 Å². The van der Waals surface area contributed by atoms with Crippen LogP contribution in [0.3, 0.4) is 0 Å². The number of hydrogen-bond acceptors (Lipinski definition) is 5. The number of rotatable bonds is 4. The Morgan fingerprint density at radius 3 is 3.08 bits per heavy atom. The molecular formula is C16H20N4O3S. The number of thiophene rings is 1. The largest absolute Gasteiger partial charge is 0.360 e. The average molecular weight is 348 g/mol. The number of amides is 3. The molecule has 1 atom stereocenters. The first-order valence-corrected chi connectivity index (χ1v) is 8.79. The van der Waals surface area contributed by atoms with Crippen LogP contribution in [0.25, 0.3) is 0 Å². The molecule has 1 aliphatic rings. The Kier molecular flexibility index (Phi) is 5.14. The molecule has 7 nitrogen and oxygen atoms in total. The summed E-state index contributed by atoms with van der Waals surface area (Å²) in [6.07, 6.45) is 1.57. The fourth-order valence-corrected chi connectivity index (χ4v) is 3.36. The number of nitrogens with one attached hydrogen (secondary N) is 2. The lowest BCUT2D eigenvalue weighted by Crippen LogP contribution is -2.47. The third-order valence-corrected chi connectivity index (χ3v) is 4.83. The number of anilines is 1. The van der Waals surface area contributed by atoms with E-state index in [1.54, 1.807) is 29.2 Å². The monoisotopic (exact) mass is 348 g/mol. The standard InChI is InChI=1S/C16H20N4O3S/c1-11-8-14(19-23-11)18-15(21)12-4-2-6-20(10-12)16(22)17-9-13-5-3-7-24-13/h3,5,7-8,12H,2,4,6,9-10H2,1H3,(H,17,22)(H,18,19,21). The number of piperidine rings is 1. The Balaban J connectivity index is 1.51. The van der Waals surface area contributed by atoms with Crippen LogP contribution in [0.15, 0.2) is 28.1 Å². The van der Waals surface area contributed by atoms with Crippen molar-refractivity contribution in [2.45, 2.75) is 26.3 Å². The molecule has 128 valence electrons. The van der Waals surface area contributed by atoms with Gasteiger partial charge in [-0.15, -0.1) is 11.3 Å². The maximum absolute atomic E-state index is 12.3. The highest BCUT2D eigenvalue weighted by atomic mass is 32.1. The highest BCUT2D eigenvalue weighted by molar-refractivity contribution is 7.09. The zero-order valence-corrected chi connectivity index (χ0v) is 14.3. The molecule has 0 spiro atoms. The predicted molar refractivity (Wildman–Crippen MR) is 90.7 cm³/mol. The molecular weight excluding hydrogens is 328 g/mol. The van der Waals surface area contributed by atoms with Crippen LogP contribution in [0.4, 0.5) is 10.6 Å². The third-order valence-electron chi connectivity index (χ3n) is 3.95. The summed E-state index contributed by atoms with van der Waals surface area (Å²) in [4.78, 5) is 27.4. The third kappa shape index (κ3) is 4.14. The van der Waals surface area contributed by atoms with Gasteiger partial charge >= 0.3 is 6.03 Å². The molecule has 0 aliphatic carbocycles. The SMILES string of the molecule is Cc1cc(NC(=O)C2CCCN(C(=O)NCc3cccs3)C2)no1. The van der Waals surface area contributed by atoms with Gasteiger partial charge in [0, 0.05) is 24.0 Å². The van der Waals surface area contributed by atoms with Crippen molar-refractivity contribution in [1.29, 1.82) is 0 Å². The maximum Gasteiger partial charge on any atom is 0.317 e. The Morgan fingerprint density at radius 2 is 2.38 bits per heavy atom. The molecule has 0 radical (unpaired) electrons. The van der Waals surface area contributed by atoms with E-state index in [4.69, 9.17) is 4.52 Å². The van der Waals surface area contributed by atoms with Crippen LogP contribution in [0.5, 0.6) is 0 Å². The van der Waals surface area contributed by atoms with Gasteiger partial charge in [-0.25, -0.2) is 4.79 Å². The second kappa shape index (κ2) is 7.48. The average Bonchev–Trinajstić information content (AvgIpc) is 3.24. The Bertz CT molecular complexity index is 698. The number of aromatic nitrogens is 1. The summed E-state index contributed by atoms with van der Waals surface area (Å²) in [5, 5.41) is 11.4. The number of urea groups is 1. The van der Waals surface area contributed by atoms with Crippen molar-refractivity contribution >= 4 is 29.1 Å². The molecule has 3 heterocycles. The Morgan fingerprint density at radius 1 is 1.50 bits per heavy atom. The minimum Gasteiger partial charge on any atom is -0.360 e. The van der Waals surface area contributed by atoms with E-state index in [0.29, 0.717) is 31.2 Å².